The van der Waals surface area contributed by atoms with Crippen LogP contribution >= 0.6 is 15.9 Å². The Morgan fingerprint density at radius 1 is 1.35 bits per heavy atom. The van der Waals surface area contributed by atoms with Gasteiger partial charge in [-0.1, -0.05) is 28.1 Å². The fourth-order valence-electron chi connectivity index (χ4n) is 1.67. The molecule has 0 atom stereocenters. The number of benzene rings is 1. The standard InChI is InChI=1S/C13H14BrNO2/c14-12-3-1-2-11(10-12)4-5-13(16)15-6-8-17-9-7-15/h1-5,10H,6-9H2/b5-4-. The van der Waals surface area contributed by atoms with Crippen molar-refractivity contribution in [1.82, 2.24) is 4.90 Å². The highest BCUT2D eigenvalue weighted by molar-refractivity contribution is 9.10. The Morgan fingerprint density at radius 3 is 2.82 bits per heavy atom. The average molecular weight is 296 g/mol. The van der Waals surface area contributed by atoms with E-state index in [0.29, 0.717) is 26.3 Å². The minimum atomic E-state index is 0.0493. The third-order valence-corrected chi connectivity index (χ3v) is 3.08. The molecule has 1 amide bonds. The topological polar surface area (TPSA) is 29.5 Å². The van der Waals surface area contributed by atoms with Gasteiger partial charge in [-0.3, -0.25) is 4.79 Å². The van der Waals surface area contributed by atoms with Crippen molar-refractivity contribution in [2.75, 3.05) is 26.3 Å². The second kappa shape index (κ2) is 5.98. The molecule has 1 fully saturated rings. The van der Waals surface area contributed by atoms with Gasteiger partial charge < -0.3 is 9.64 Å². The molecule has 0 aliphatic carbocycles. The summed E-state index contributed by atoms with van der Waals surface area (Å²) in [6, 6.07) is 7.85. The van der Waals surface area contributed by atoms with Gasteiger partial charge in [0.15, 0.2) is 0 Å². The first-order chi connectivity index (χ1) is 8.25. The number of amides is 1. The van der Waals surface area contributed by atoms with Crippen molar-refractivity contribution in [2.24, 2.45) is 0 Å². The molecule has 2 rings (SSSR count). The summed E-state index contributed by atoms with van der Waals surface area (Å²) in [6.45, 7) is 2.64. The van der Waals surface area contributed by atoms with Gasteiger partial charge in [-0.25, -0.2) is 0 Å². The molecule has 0 radical (unpaired) electrons. The van der Waals surface area contributed by atoms with E-state index < -0.39 is 0 Å². The maximum absolute atomic E-state index is 11.8. The van der Waals surface area contributed by atoms with Crippen LogP contribution in [0.1, 0.15) is 5.56 Å². The molecule has 90 valence electrons. The van der Waals surface area contributed by atoms with Gasteiger partial charge in [-0.15, -0.1) is 0 Å². The van der Waals surface area contributed by atoms with Crippen molar-refractivity contribution in [3.8, 4) is 0 Å². The van der Waals surface area contributed by atoms with E-state index in [2.05, 4.69) is 15.9 Å². The number of ether oxygens (including phenoxy) is 1. The molecule has 1 aromatic carbocycles. The predicted molar refractivity (Wildman–Crippen MR) is 70.6 cm³/mol. The van der Waals surface area contributed by atoms with Crippen LogP contribution in [0.2, 0.25) is 0 Å². The molecular weight excluding hydrogens is 282 g/mol. The summed E-state index contributed by atoms with van der Waals surface area (Å²) in [5.74, 6) is 0.0493. The van der Waals surface area contributed by atoms with E-state index in [0.717, 1.165) is 10.0 Å². The molecule has 0 aromatic heterocycles. The van der Waals surface area contributed by atoms with Gasteiger partial charge in [0, 0.05) is 23.6 Å². The molecule has 17 heavy (non-hydrogen) atoms. The number of hydrogen-bond acceptors (Lipinski definition) is 2. The minimum absolute atomic E-state index is 0.0493. The molecule has 1 aliphatic heterocycles. The summed E-state index contributed by atoms with van der Waals surface area (Å²) in [5, 5.41) is 0. The van der Waals surface area contributed by atoms with E-state index in [1.807, 2.05) is 30.3 Å². The van der Waals surface area contributed by atoms with E-state index in [4.69, 9.17) is 4.74 Å². The molecule has 0 unspecified atom stereocenters. The number of hydrogen-bond donors (Lipinski definition) is 0. The summed E-state index contributed by atoms with van der Waals surface area (Å²) in [5.41, 5.74) is 1.01. The normalized spacial score (nSPS) is 16.4. The Bertz CT molecular complexity index is 425. The highest BCUT2D eigenvalue weighted by Gasteiger charge is 2.13. The lowest BCUT2D eigenvalue weighted by atomic mass is 10.2. The van der Waals surface area contributed by atoms with Gasteiger partial charge in [0.05, 0.1) is 13.2 Å². The van der Waals surface area contributed by atoms with E-state index in [9.17, 15) is 4.79 Å². The van der Waals surface area contributed by atoms with Crippen LogP contribution in [0, 0.1) is 0 Å². The maximum atomic E-state index is 11.8. The second-order valence-corrected chi connectivity index (χ2v) is 4.74. The SMILES string of the molecule is O=C(/C=C\c1cccc(Br)c1)N1CCOCC1. The van der Waals surface area contributed by atoms with Crippen molar-refractivity contribution >= 4 is 27.9 Å². The Hall–Kier alpha value is -1.13. The zero-order chi connectivity index (χ0) is 12.1. The lowest BCUT2D eigenvalue weighted by Gasteiger charge is -2.25. The van der Waals surface area contributed by atoms with Crippen molar-refractivity contribution in [1.29, 1.82) is 0 Å². The highest BCUT2D eigenvalue weighted by Crippen LogP contribution is 2.13. The molecule has 0 N–H and O–H groups in total. The third kappa shape index (κ3) is 3.68. The Morgan fingerprint density at radius 2 is 2.12 bits per heavy atom. The van der Waals surface area contributed by atoms with Crippen LogP contribution < -0.4 is 0 Å². The van der Waals surface area contributed by atoms with Gasteiger partial charge >= 0.3 is 0 Å². The number of carbonyl (C=O) groups excluding carboxylic acids is 1. The number of carbonyl (C=O) groups is 1. The predicted octanol–water partition coefficient (Wildman–Crippen LogP) is 2.32. The molecule has 1 aromatic rings. The maximum Gasteiger partial charge on any atom is 0.246 e. The number of morpholine rings is 1. The first kappa shape index (κ1) is 12.3. The minimum Gasteiger partial charge on any atom is -0.378 e. The molecule has 1 saturated heterocycles. The zero-order valence-electron chi connectivity index (χ0n) is 9.43. The molecule has 4 heteroatoms. The smallest absolute Gasteiger partial charge is 0.246 e. The molecule has 1 heterocycles. The summed E-state index contributed by atoms with van der Waals surface area (Å²) in [6.07, 6.45) is 3.45. The van der Waals surface area contributed by atoms with Crippen LogP contribution in [0.4, 0.5) is 0 Å². The zero-order valence-corrected chi connectivity index (χ0v) is 11.0. The third-order valence-electron chi connectivity index (χ3n) is 2.59. The van der Waals surface area contributed by atoms with Crippen LogP contribution in [0.5, 0.6) is 0 Å². The van der Waals surface area contributed by atoms with Gasteiger partial charge in [-0.05, 0) is 23.8 Å². The summed E-state index contributed by atoms with van der Waals surface area (Å²) >= 11 is 3.40. The quantitative estimate of drug-likeness (QED) is 0.784. The first-order valence-corrected chi connectivity index (χ1v) is 6.35. The van der Waals surface area contributed by atoms with E-state index >= 15 is 0 Å². The van der Waals surface area contributed by atoms with E-state index in [-0.39, 0.29) is 5.91 Å². The fraction of sp³-hybridized carbons (Fsp3) is 0.308. The van der Waals surface area contributed by atoms with Crippen molar-refractivity contribution < 1.29 is 9.53 Å². The molecule has 0 saturated carbocycles. The van der Waals surface area contributed by atoms with E-state index in [1.165, 1.54) is 0 Å². The number of rotatable bonds is 2. The summed E-state index contributed by atoms with van der Waals surface area (Å²) in [7, 11) is 0. The summed E-state index contributed by atoms with van der Waals surface area (Å²) in [4.78, 5) is 13.6. The van der Waals surface area contributed by atoms with Gasteiger partial charge in [0.25, 0.3) is 0 Å². The summed E-state index contributed by atoms with van der Waals surface area (Å²) < 4.78 is 6.22. The lowest BCUT2D eigenvalue weighted by molar-refractivity contribution is -0.129. The van der Waals surface area contributed by atoms with Crippen LogP contribution in [0.25, 0.3) is 6.08 Å². The largest absolute Gasteiger partial charge is 0.378 e. The van der Waals surface area contributed by atoms with Crippen LogP contribution in [-0.2, 0) is 9.53 Å². The molecular formula is C13H14BrNO2. The molecule has 1 aliphatic rings. The molecule has 0 bridgehead atoms. The van der Waals surface area contributed by atoms with Crippen LogP contribution in [-0.4, -0.2) is 37.1 Å². The Labute approximate surface area is 109 Å². The van der Waals surface area contributed by atoms with E-state index in [1.54, 1.807) is 11.0 Å². The monoisotopic (exact) mass is 295 g/mol. The molecule has 3 nitrogen and oxygen atoms in total. The average Bonchev–Trinajstić information content (AvgIpc) is 2.37. The number of nitrogens with zero attached hydrogens (tertiary/aromatic N) is 1. The van der Waals surface area contributed by atoms with Crippen molar-refractivity contribution in [3.05, 3.63) is 40.4 Å². The van der Waals surface area contributed by atoms with Gasteiger partial charge in [0.2, 0.25) is 5.91 Å². The van der Waals surface area contributed by atoms with Gasteiger partial charge in [-0.2, -0.15) is 0 Å². The Balaban J connectivity index is 1.97. The highest BCUT2D eigenvalue weighted by atomic mass is 79.9. The second-order valence-electron chi connectivity index (χ2n) is 3.83. The fourth-order valence-corrected chi connectivity index (χ4v) is 2.08. The van der Waals surface area contributed by atoms with Crippen LogP contribution in [0.3, 0.4) is 0 Å². The first-order valence-electron chi connectivity index (χ1n) is 5.56. The van der Waals surface area contributed by atoms with Crippen molar-refractivity contribution in [2.45, 2.75) is 0 Å². The van der Waals surface area contributed by atoms with Crippen LogP contribution in [0.15, 0.2) is 34.8 Å². The van der Waals surface area contributed by atoms with Gasteiger partial charge in [0.1, 0.15) is 0 Å². The molecule has 0 spiro atoms. The Kier molecular flexibility index (Phi) is 4.34. The number of halogens is 1. The van der Waals surface area contributed by atoms with Crippen molar-refractivity contribution in [3.63, 3.8) is 0 Å². The lowest BCUT2D eigenvalue weighted by Crippen LogP contribution is -2.39.